The van der Waals surface area contributed by atoms with E-state index in [4.69, 9.17) is 0 Å². The molecule has 3 aliphatic rings. The molecular formula is C23H23F3N4O4S. The van der Waals surface area contributed by atoms with Crippen molar-refractivity contribution in [1.82, 2.24) is 15.5 Å². The van der Waals surface area contributed by atoms with Crippen LogP contribution >= 0.6 is 11.8 Å². The van der Waals surface area contributed by atoms with Crippen LogP contribution < -0.4 is 10.6 Å². The smallest absolute Gasteiger partial charge is 0.352 e. The monoisotopic (exact) mass is 508 g/mol. The van der Waals surface area contributed by atoms with Crippen LogP contribution in [0.2, 0.25) is 0 Å². The second-order valence-electron chi connectivity index (χ2n) is 8.57. The lowest BCUT2D eigenvalue weighted by Crippen LogP contribution is -2.61. The van der Waals surface area contributed by atoms with Gasteiger partial charge in [0, 0.05) is 23.4 Å². The quantitative estimate of drug-likeness (QED) is 0.361. The Morgan fingerprint density at radius 3 is 2.60 bits per heavy atom. The molecular weight excluding hydrogens is 485 g/mol. The van der Waals surface area contributed by atoms with Gasteiger partial charge in [0.25, 0.3) is 5.91 Å². The summed E-state index contributed by atoms with van der Waals surface area (Å²) in [6.07, 6.45) is 4.57. The van der Waals surface area contributed by atoms with Crippen LogP contribution in [-0.2, 0) is 14.4 Å². The number of carbonyl (C=O) groups excluding carboxylic acids is 4. The van der Waals surface area contributed by atoms with Crippen molar-refractivity contribution < 1.29 is 32.3 Å². The summed E-state index contributed by atoms with van der Waals surface area (Å²) in [5.74, 6) is -2.16. The van der Waals surface area contributed by atoms with Gasteiger partial charge in [0.2, 0.25) is 17.7 Å². The predicted molar refractivity (Wildman–Crippen MR) is 121 cm³/mol. The SMILES string of the molecule is CC1=NC2C=CCC(CNC(=O)c3ccc(SC(F)(F)F)cc3)C2C(=O)N1C1CCC(=O)NC1=O. The number of allylic oxidation sites excluding steroid dienone is 1. The van der Waals surface area contributed by atoms with Crippen LogP contribution in [0.25, 0.3) is 0 Å². The van der Waals surface area contributed by atoms with Gasteiger partial charge in [-0.2, -0.15) is 13.2 Å². The molecule has 2 heterocycles. The minimum absolute atomic E-state index is 0.0242. The zero-order valence-electron chi connectivity index (χ0n) is 18.7. The molecule has 2 N–H and O–H groups in total. The van der Waals surface area contributed by atoms with Crippen molar-refractivity contribution in [3.63, 3.8) is 0 Å². The largest absolute Gasteiger partial charge is 0.446 e. The second-order valence-corrected chi connectivity index (χ2v) is 9.71. The number of halogens is 3. The Morgan fingerprint density at radius 2 is 1.94 bits per heavy atom. The van der Waals surface area contributed by atoms with Gasteiger partial charge in [0.1, 0.15) is 11.9 Å². The second kappa shape index (κ2) is 9.84. The highest BCUT2D eigenvalue weighted by atomic mass is 32.2. The van der Waals surface area contributed by atoms with Crippen molar-refractivity contribution in [1.29, 1.82) is 0 Å². The number of nitrogens with zero attached hydrogens (tertiary/aromatic N) is 2. The van der Waals surface area contributed by atoms with Crippen LogP contribution in [0.1, 0.15) is 36.5 Å². The molecule has 1 fully saturated rings. The average molecular weight is 509 g/mol. The van der Waals surface area contributed by atoms with Crippen molar-refractivity contribution in [2.24, 2.45) is 16.8 Å². The molecule has 1 saturated heterocycles. The van der Waals surface area contributed by atoms with Gasteiger partial charge in [-0.3, -0.25) is 34.4 Å². The number of hydrogen-bond donors (Lipinski definition) is 2. The first-order valence-corrected chi connectivity index (χ1v) is 11.9. The lowest BCUT2D eigenvalue weighted by molar-refractivity contribution is -0.145. The van der Waals surface area contributed by atoms with E-state index in [1.807, 2.05) is 12.2 Å². The fraction of sp³-hybridized carbons (Fsp3) is 0.435. The number of fused-ring (bicyclic) bond motifs is 1. The summed E-state index contributed by atoms with van der Waals surface area (Å²) >= 11 is -0.259. The first-order valence-electron chi connectivity index (χ1n) is 11.1. The highest BCUT2D eigenvalue weighted by Gasteiger charge is 2.46. The molecule has 4 atom stereocenters. The highest BCUT2D eigenvalue weighted by molar-refractivity contribution is 8.00. The van der Waals surface area contributed by atoms with Gasteiger partial charge >= 0.3 is 5.51 Å². The number of amidine groups is 1. The summed E-state index contributed by atoms with van der Waals surface area (Å²) in [7, 11) is 0. The average Bonchev–Trinajstić information content (AvgIpc) is 2.78. The van der Waals surface area contributed by atoms with Crippen molar-refractivity contribution >= 4 is 41.2 Å². The number of imide groups is 1. The first kappa shape index (κ1) is 25.0. The van der Waals surface area contributed by atoms with Crippen molar-refractivity contribution in [3.8, 4) is 0 Å². The van der Waals surface area contributed by atoms with Crippen LogP contribution in [0.15, 0.2) is 46.3 Å². The van der Waals surface area contributed by atoms with E-state index in [0.717, 1.165) is 0 Å². The number of rotatable bonds is 5. The van der Waals surface area contributed by atoms with E-state index in [-0.39, 0.29) is 59.3 Å². The van der Waals surface area contributed by atoms with Crippen LogP contribution in [0, 0.1) is 11.8 Å². The van der Waals surface area contributed by atoms with Gasteiger partial charge in [-0.1, -0.05) is 12.2 Å². The van der Waals surface area contributed by atoms with Crippen LogP contribution in [0.3, 0.4) is 0 Å². The van der Waals surface area contributed by atoms with Crippen LogP contribution in [0.5, 0.6) is 0 Å². The Morgan fingerprint density at radius 1 is 1.23 bits per heavy atom. The molecule has 35 heavy (non-hydrogen) atoms. The number of carbonyl (C=O) groups is 4. The van der Waals surface area contributed by atoms with Crippen LogP contribution in [0.4, 0.5) is 13.2 Å². The van der Waals surface area contributed by atoms with E-state index in [1.54, 1.807) is 6.92 Å². The zero-order valence-corrected chi connectivity index (χ0v) is 19.5. The number of nitrogens with one attached hydrogen (secondary N) is 2. The summed E-state index contributed by atoms with van der Waals surface area (Å²) in [6.45, 7) is 1.80. The number of aliphatic imine (C=N–C) groups is 1. The Balaban J connectivity index is 1.44. The normalized spacial score (nSPS) is 26.7. The number of hydrogen-bond acceptors (Lipinski definition) is 6. The molecule has 8 nitrogen and oxygen atoms in total. The molecule has 2 aliphatic heterocycles. The first-order chi connectivity index (χ1) is 16.5. The van der Waals surface area contributed by atoms with Crippen molar-refractivity contribution in [3.05, 3.63) is 42.0 Å². The summed E-state index contributed by atoms with van der Waals surface area (Å²) < 4.78 is 37.5. The minimum Gasteiger partial charge on any atom is -0.352 e. The standard InChI is InChI=1S/C23H23F3N4O4S/c1-12-28-16-4-2-3-14(19(16)22(34)30(12)17-9-10-18(31)29-21(17)33)11-27-20(32)13-5-7-15(8-6-13)35-23(24,25)26/h2,4-8,14,16-17,19H,3,9-11H2,1H3,(H,27,32)(H,29,31,33). The predicted octanol–water partition coefficient (Wildman–Crippen LogP) is 2.66. The van der Waals surface area contributed by atoms with Crippen LogP contribution in [-0.4, -0.2) is 58.5 Å². The van der Waals surface area contributed by atoms with E-state index in [1.165, 1.54) is 29.2 Å². The topological polar surface area (TPSA) is 108 Å². The number of piperidine rings is 1. The third kappa shape index (κ3) is 5.58. The molecule has 0 saturated carbocycles. The molecule has 4 unspecified atom stereocenters. The molecule has 0 aromatic heterocycles. The molecule has 4 rings (SSSR count). The molecule has 1 aliphatic carbocycles. The molecule has 0 radical (unpaired) electrons. The van der Waals surface area contributed by atoms with Gasteiger partial charge in [-0.15, -0.1) is 0 Å². The Hall–Kier alpha value is -3.15. The summed E-state index contributed by atoms with van der Waals surface area (Å²) in [6, 6.07) is 3.84. The Labute approximate surface area is 203 Å². The lowest BCUT2D eigenvalue weighted by Gasteiger charge is -2.43. The summed E-state index contributed by atoms with van der Waals surface area (Å²) in [4.78, 5) is 56.0. The van der Waals surface area contributed by atoms with E-state index >= 15 is 0 Å². The van der Waals surface area contributed by atoms with E-state index in [0.29, 0.717) is 12.3 Å². The molecule has 0 bridgehead atoms. The van der Waals surface area contributed by atoms with Crippen molar-refractivity contribution in [2.45, 2.75) is 48.7 Å². The van der Waals surface area contributed by atoms with Gasteiger partial charge in [-0.05, 0) is 61.7 Å². The number of alkyl halides is 3. The summed E-state index contributed by atoms with van der Waals surface area (Å²) in [5, 5.41) is 5.03. The minimum atomic E-state index is -4.41. The highest BCUT2D eigenvalue weighted by Crippen LogP contribution is 2.37. The lowest BCUT2D eigenvalue weighted by atomic mass is 9.77. The number of benzene rings is 1. The molecule has 186 valence electrons. The maximum atomic E-state index is 13.5. The van der Waals surface area contributed by atoms with Gasteiger partial charge in [0.15, 0.2) is 0 Å². The third-order valence-corrected chi connectivity index (χ3v) is 6.99. The fourth-order valence-electron chi connectivity index (χ4n) is 4.66. The summed E-state index contributed by atoms with van der Waals surface area (Å²) in [5.41, 5.74) is -4.21. The fourth-order valence-corrected chi connectivity index (χ4v) is 5.20. The maximum Gasteiger partial charge on any atom is 0.446 e. The molecule has 1 aromatic rings. The molecule has 0 spiro atoms. The van der Waals surface area contributed by atoms with Crippen molar-refractivity contribution in [2.75, 3.05) is 6.54 Å². The van der Waals surface area contributed by atoms with E-state index in [9.17, 15) is 32.3 Å². The van der Waals surface area contributed by atoms with E-state index in [2.05, 4.69) is 15.6 Å². The third-order valence-electron chi connectivity index (χ3n) is 6.25. The van der Waals surface area contributed by atoms with Gasteiger partial charge in [-0.25, -0.2) is 0 Å². The molecule has 4 amide bonds. The molecule has 1 aromatic carbocycles. The Kier molecular flexibility index (Phi) is 7.02. The number of amides is 4. The Bertz CT molecular complexity index is 1100. The maximum absolute atomic E-state index is 13.5. The van der Waals surface area contributed by atoms with Gasteiger partial charge < -0.3 is 5.32 Å². The van der Waals surface area contributed by atoms with E-state index < -0.39 is 35.3 Å². The van der Waals surface area contributed by atoms with Gasteiger partial charge in [0.05, 0.1) is 12.0 Å². The molecule has 12 heteroatoms. The zero-order chi connectivity index (χ0) is 25.3. The number of thioether (sulfide) groups is 1.